The Balaban J connectivity index is 2.15. The molecule has 2 aromatic carbocycles. The fourth-order valence-electron chi connectivity index (χ4n) is 5.70. The maximum absolute atomic E-state index is 15.0. The first-order valence-electron chi connectivity index (χ1n) is 12.3. The Hall–Kier alpha value is -2.60. The Morgan fingerprint density at radius 2 is 1.39 bits per heavy atom. The first kappa shape index (κ1) is 31.3. The normalized spacial score (nSPS) is 19.8. The molecule has 1 unspecified atom stereocenters. The van der Waals surface area contributed by atoms with Crippen molar-refractivity contribution >= 4 is 44.3 Å². The van der Waals surface area contributed by atoms with Crippen LogP contribution >= 0.6 is 31.9 Å². The summed E-state index contributed by atoms with van der Waals surface area (Å²) >= 11 is 6.06. The Morgan fingerprint density at radius 1 is 0.902 bits per heavy atom. The van der Waals surface area contributed by atoms with E-state index < -0.39 is 63.1 Å². The lowest BCUT2D eigenvalue weighted by atomic mass is 9.58. The summed E-state index contributed by atoms with van der Waals surface area (Å²) in [7, 11) is 0. The van der Waals surface area contributed by atoms with Crippen molar-refractivity contribution in [3.05, 3.63) is 90.9 Å². The highest BCUT2D eigenvalue weighted by atomic mass is 79.9. The van der Waals surface area contributed by atoms with E-state index >= 15 is 26.3 Å². The number of carbonyl (C=O) groups is 2. The summed E-state index contributed by atoms with van der Waals surface area (Å²) in [5.41, 5.74) is -10.4. The molecule has 0 spiro atoms. The van der Waals surface area contributed by atoms with Crippen LogP contribution in [0.5, 0.6) is 0 Å². The minimum Gasteiger partial charge on any atom is -0.460 e. The average Bonchev–Trinajstić information content (AvgIpc) is 2.81. The summed E-state index contributed by atoms with van der Waals surface area (Å²) in [5.74, 6) is -1.60. The zero-order valence-corrected chi connectivity index (χ0v) is 25.3. The molecule has 4 rings (SSSR count). The second kappa shape index (κ2) is 10.3. The zero-order chi connectivity index (χ0) is 30.8. The summed E-state index contributed by atoms with van der Waals surface area (Å²) in [6.45, 7) is 6.56. The quantitative estimate of drug-likeness (QED) is 0.181. The smallest absolute Gasteiger partial charge is 0.411 e. The maximum atomic E-state index is 15.0. The standard InChI is InChI=1S/C29H24Br2F6O4/c1-15-5-6-16(24(39)41-25(2,3)4)11-21(15)26(40-14-38)19-9-7-17(30)12-22(19)27(28(32,33)34,29(35,36)37)23-13-18(31)8-10-20(23)26/h5-10,12-14,16H,11H2,1-4H3. The van der Waals surface area contributed by atoms with Crippen LogP contribution in [0.2, 0.25) is 0 Å². The van der Waals surface area contributed by atoms with E-state index in [4.69, 9.17) is 9.47 Å². The van der Waals surface area contributed by atoms with E-state index in [1.165, 1.54) is 18.2 Å². The molecule has 0 amide bonds. The number of hydrogen-bond acceptors (Lipinski definition) is 4. The SMILES string of the molecule is CC1=C(C2(OC=O)c3ccc(Br)cc3C(C(F)(F)F)(C(F)(F)F)c3cc(Br)ccc32)CC(C(=O)OC(C)(C)C)C=C1. The molecule has 2 aliphatic rings. The van der Waals surface area contributed by atoms with Crippen molar-refractivity contribution in [1.29, 1.82) is 0 Å². The van der Waals surface area contributed by atoms with Gasteiger partial charge in [0, 0.05) is 20.1 Å². The molecule has 0 heterocycles. The van der Waals surface area contributed by atoms with Crippen LogP contribution in [0, 0.1) is 5.92 Å². The van der Waals surface area contributed by atoms with Gasteiger partial charge in [0.25, 0.3) is 6.47 Å². The largest absolute Gasteiger partial charge is 0.460 e. The number of esters is 1. The van der Waals surface area contributed by atoms with Crippen molar-refractivity contribution in [3.8, 4) is 0 Å². The van der Waals surface area contributed by atoms with E-state index in [1.807, 2.05) is 0 Å². The molecule has 0 aromatic heterocycles. The number of fused-ring (bicyclic) bond motifs is 2. The van der Waals surface area contributed by atoms with Gasteiger partial charge in [-0.25, -0.2) is 0 Å². The van der Waals surface area contributed by atoms with Gasteiger partial charge in [0.2, 0.25) is 5.41 Å². The molecule has 12 heteroatoms. The number of rotatable bonds is 4. The molecular formula is C29H24Br2F6O4. The van der Waals surface area contributed by atoms with Gasteiger partial charge in [-0.1, -0.05) is 56.1 Å². The van der Waals surface area contributed by atoms with Crippen LogP contribution in [0.1, 0.15) is 56.4 Å². The fourth-order valence-corrected chi connectivity index (χ4v) is 6.42. The van der Waals surface area contributed by atoms with Crippen molar-refractivity contribution in [2.24, 2.45) is 5.92 Å². The fraction of sp³-hybridized carbons (Fsp3) is 0.379. The van der Waals surface area contributed by atoms with Gasteiger partial charge in [0.05, 0.1) is 5.92 Å². The number of benzene rings is 2. The monoisotopic (exact) mass is 708 g/mol. The first-order valence-corrected chi connectivity index (χ1v) is 13.9. The van der Waals surface area contributed by atoms with E-state index in [2.05, 4.69) is 31.9 Å². The summed E-state index contributed by atoms with van der Waals surface area (Å²) in [5, 5.41) is 0. The second-order valence-corrected chi connectivity index (χ2v) is 12.7. The van der Waals surface area contributed by atoms with Gasteiger partial charge >= 0.3 is 18.3 Å². The van der Waals surface area contributed by atoms with Crippen LogP contribution in [0.15, 0.2) is 68.6 Å². The minimum atomic E-state index is -5.86. The molecule has 1 atom stereocenters. The molecule has 2 aliphatic carbocycles. The molecule has 220 valence electrons. The number of ether oxygens (including phenoxy) is 2. The molecular weight excluding hydrogens is 686 g/mol. The van der Waals surface area contributed by atoms with Gasteiger partial charge in [0.15, 0.2) is 5.60 Å². The molecule has 0 radical (unpaired) electrons. The molecule has 0 saturated heterocycles. The molecule has 0 bridgehead atoms. The van der Waals surface area contributed by atoms with Gasteiger partial charge in [0.1, 0.15) is 5.60 Å². The van der Waals surface area contributed by atoms with Crippen LogP contribution in [-0.4, -0.2) is 30.4 Å². The molecule has 0 aliphatic heterocycles. The number of hydrogen-bond donors (Lipinski definition) is 0. The Morgan fingerprint density at radius 3 is 1.80 bits per heavy atom. The molecule has 4 nitrogen and oxygen atoms in total. The van der Waals surface area contributed by atoms with Crippen molar-refractivity contribution in [2.45, 2.75) is 63.1 Å². The van der Waals surface area contributed by atoms with Crippen LogP contribution in [0.25, 0.3) is 0 Å². The Bertz CT molecular complexity index is 1400. The highest BCUT2D eigenvalue weighted by Gasteiger charge is 2.76. The van der Waals surface area contributed by atoms with E-state index in [0.717, 1.165) is 24.3 Å². The van der Waals surface area contributed by atoms with Crippen LogP contribution in [0.4, 0.5) is 26.3 Å². The lowest BCUT2D eigenvalue weighted by Gasteiger charge is -2.50. The third-order valence-corrected chi connectivity index (χ3v) is 8.20. The van der Waals surface area contributed by atoms with Gasteiger partial charge in [-0.3, -0.25) is 9.59 Å². The van der Waals surface area contributed by atoms with E-state index in [1.54, 1.807) is 33.8 Å². The van der Waals surface area contributed by atoms with Crippen molar-refractivity contribution < 1.29 is 45.4 Å². The Kier molecular flexibility index (Phi) is 7.86. The van der Waals surface area contributed by atoms with Gasteiger partial charge < -0.3 is 9.47 Å². The predicted molar refractivity (Wildman–Crippen MR) is 145 cm³/mol. The first-order chi connectivity index (χ1) is 18.8. The number of allylic oxidation sites excluding steroid dienone is 2. The summed E-state index contributed by atoms with van der Waals surface area (Å²) < 4.78 is 101. The molecule has 0 saturated carbocycles. The summed E-state index contributed by atoms with van der Waals surface area (Å²) in [4.78, 5) is 25.2. The summed E-state index contributed by atoms with van der Waals surface area (Å²) in [6, 6.07) is 6.24. The van der Waals surface area contributed by atoms with Crippen LogP contribution in [-0.2, 0) is 30.1 Å². The Labute approximate surface area is 249 Å². The number of halogens is 8. The van der Waals surface area contributed by atoms with Crippen LogP contribution in [0.3, 0.4) is 0 Å². The lowest BCUT2D eigenvalue weighted by molar-refractivity contribution is -0.290. The average molecular weight is 710 g/mol. The third-order valence-electron chi connectivity index (χ3n) is 7.22. The van der Waals surface area contributed by atoms with Crippen molar-refractivity contribution in [1.82, 2.24) is 0 Å². The maximum Gasteiger partial charge on any atom is 0.411 e. The number of alkyl halides is 6. The van der Waals surface area contributed by atoms with E-state index in [-0.39, 0.29) is 27.4 Å². The zero-order valence-electron chi connectivity index (χ0n) is 22.1. The van der Waals surface area contributed by atoms with Crippen molar-refractivity contribution in [3.63, 3.8) is 0 Å². The highest BCUT2D eigenvalue weighted by molar-refractivity contribution is 9.10. The van der Waals surface area contributed by atoms with E-state index in [9.17, 15) is 9.59 Å². The molecule has 0 N–H and O–H groups in total. The topological polar surface area (TPSA) is 52.6 Å². The van der Waals surface area contributed by atoms with E-state index in [0.29, 0.717) is 5.57 Å². The second-order valence-electron chi connectivity index (χ2n) is 10.9. The third kappa shape index (κ3) is 4.94. The van der Waals surface area contributed by atoms with Crippen molar-refractivity contribution in [2.75, 3.05) is 0 Å². The molecule has 41 heavy (non-hydrogen) atoms. The van der Waals surface area contributed by atoms with Gasteiger partial charge in [-0.2, -0.15) is 26.3 Å². The molecule has 2 aromatic rings. The predicted octanol–water partition coefficient (Wildman–Crippen LogP) is 8.59. The van der Waals surface area contributed by atoms with Crippen LogP contribution < -0.4 is 0 Å². The highest BCUT2D eigenvalue weighted by Crippen LogP contribution is 2.65. The molecule has 0 fully saturated rings. The van der Waals surface area contributed by atoms with Gasteiger partial charge in [-0.05, 0) is 80.7 Å². The summed E-state index contributed by atoms with van der Waals surface area (Å²) in [6.07, 6.45) is -8.85. The number of carbonyl (C=O) groups excluding carboxylic acids is 2. The van der Waals surface area contributed by atoms with Gasteiger partial charge in [-0.15, -0.1) is 0 Å². The minimum absolute atomic E-state index is 0.00704. The lowest BCUT2D eigenvalue weighted by Crippen LogP contribution is -2.60.